The fraction of sp³-hybridized carbons (Fsp3) is 0.421. The Bertz CT molecular complexity index is 554. The molecule has 1 aliphatic carbocycles. The fourth-order valence-electron chi connectivity index (χ4n) is 2.65. The molecule has 3 nitrogen and oxygen atoms in total. The van der Waals surface area contributed by atoms with E-state index in [1.165, 1.54) is 0 Å². The number of nitrogens with zero attached hydrogens (tertiary/aromatic N) is 1. The van der Waals surface area contributed by atoms with Crippen LogP contribution < -0.4 is 0 Å². The first-order valence-corrected chi connectivity index (χ1v) is 7.90. The lowest BCUT2D eigenvalue weighted by molar-refractivity contribution is -0.0132. The second-order valence-electron chi connectivity index (χ2n) is 5.56. The molecule has 0 saturated heterocycles. The minimum absolute atomic E-state index is 0.267. The molecule has 1 N–H and O–H groups in total. The maximum absolute atomic E-state index is 8.92. The van der Waals surface area contributed by atoms with Gasteiger partial charge in [0, 0.05) is 19.6 Å². The van der Waals surface area contributed by atoms with Gasteiger partial charge in [0.1, 0.15) is 5.60 Å². The lowest BCUT2D eigenvalue weighted by Gasteiger charge is -2.32. The van der Waals surface area contributed by atoms with E-state index >= 15 is 0 Å². The van der Waals surface area contributed by atoms with Crippen molar-refractivity contribution in [2.45, 2.75) is 37.7 Å². The molecular formula is C19H23NO2. The quantitative estimate of drug-likeness (QED) is 0.742. The van der Waals surface area contributed by atoms with Gasteiger partial charge in [0.15, 0.2) is 0 Å². The van der Waals surface area contributed by atoms with Gasteiger partial charge in [-0.15, -0.1) is 0 Å². The van der Waals surface area contributed by atoms with Crippen LogP contribution in [-0.4, -0.2) is 18.3 Å². The SMILES string of the molecule is N#Cc1ccc(C2(OCCCCCCO)C=CC=CC2)cc1. The third kappa shape index (κ3) is 4.30. The number of nitriles is 1. The Balaban J connectivity index is 2.00. The van der Waals surface area contributed by atoms with Crippen LogP contribution >= 0.6 is 0 Å². The van der Waals surface area contributed by atoms with Crippen LogP contribution in [0.15, 0.2) is 48.6 Å². The molecule has 0 aliphatic heterocycles. The maximum atomic E-state index is 8.92. The zero-order chi connectivity index (χ0) is 15.7. The van der Waals surface area contributed by atoms with Crippen molar-refractivity contribution in [2.24, 2.45) is 0 Å². The van der Waals surface area contributed by atoms with Crippen LogP contribution in [0.2, 0.25) is 0 Å². The summed E-state index contributed by atoms with van der Waals surface area (Å²) >= 11 is 0. The number of rotatable bonds is 8. The molecule has 0 saturated carbocycles. The molecule has 0 amide bonds. The van der Waals surface area contributed by atoms with Crippen molar-refractivity contribution >= 4 is 0 Å². The second-order valence-corrected chi connectivity index (χ2v) is 5.56. The average Bonchev–Trinajstić information content (AvgIpc) is 2.59. The van der Waals surface area contributed by atoms with Crippen LogP contribution in [0.5, 0.6) is 0 Å². The average molecular weight is 297 g/mol. The molecule has 1 aromatic rings. The second kappa shape index (κ2) is 8.53. The molecule has 0 heterocycles. The summed E-state index contributed by atoms with van der Waals surface area (Å²) in [7, 11) is 0. The Kier molecular flexibility index (Phi) is 6.39. The van der Waals surface area contributed by atoms with Gasteiger partial charge < -0.3 is 9.84 Å². The van der Waals surface area contributed by atoms with Gasteiger partial charge in [-0.2, -0.15) is 5.26 Å². The predicted molar refractivity (Wildman–Crippen MR) is 87.2 cm³/mol. The Labute approximate surface area is 132 Å². The Morgan fingerprint density at radius 2 is 1.86 bits per heavy atom. The van der Waals surface area contributed by atoms with E-state index in [-0.39, 0.29) is 6.61 Å². The summed E-state index contributed by atoms with van der Waals surface area (Å²) in [6, 6.07) is 9.79. The Morgan fingerprint density at radius 1 is 1.09 bits per heavy atom. The maximum Gasteiger partial charge on any atom is 0.115 e. The predicted octanol–water partition coefficient (Wildman–Crippen LogP) is 3.84. The van der Waals surface area contributed by atoms with E-state index in [2.05, 4.69) is 18.2 Å². The standard InChI is InChI=1S/C19H23NO2/c20-16-17-8-10-18(11-9-17)19(12-4-3-5-13-19)22-15-7-2-1-6-14-21/h3-5,8-12,21H,1-2,6-7,13-15H2. The molecule has 3 heteroatoms. The van der Waals surface area contributed by atoms with Crippen molar-refractivity contribution < 1.29 is 9.84 Å². The van der Waals surface area contributed by atoms with Crippen molar-refractivity contribution in [1.29, 1.82) is 5.26 Å². The molecule has 22 heavy (non-hydrogen) atoms. The number of allylic oxidation sites excluding steroid dienone is 2. The van der Waals surface area contributed by atoms with Gasteiger partial charge in [0.05, 0.1) is 11.6 Å². The lowest BCUT2D eigenvalue weighted by Crippen LogP contribution is -2.28. The van der Waals surface area contributed by atoms with Crippen molar-refractivity contribution in [1.82, 2.24) is 0 Å². The summed E-state index contributed by atoms with van der Waals surface area (Å²) in [5, 5.41) is 17.7. The number of unbranched alkanes of at least 4 members (excludes halogenated alkanes) is 3. The highest BCUT2D eigenvalue weighted by Gasteiger charge is 2.30. The van der Waals surface area contributed by atoms with Crippen molar-refractivity contribution in [3.05, 3.63) is 59.7 Å². The van der Waals surface area contributed by atoms with E-state index in [0.29, 0.717) is 12.2 Å². The van der Waals surface area contributed by atoms with Gasteiger partial charge >= 0.3 is 0 Å². The number of aliphatic hydroxyl groups is 1. The topological polar surface area (TPSA) is 53.2 Å². The van der Waals surface area contributed by atoms with E-state index < -0.39 is 5.60 Å². The van der Waals surface area contributed by atoms with Gasteiger partial charge in [-0.05, 0) is 36.6 Å². The zero-order valence-electron chi connectivity index (χ0n) is 12.9. The molecule has 1 aromatic carbocycles. The number of benzene rings is 1. The third-order valence-electron chi connectivity index (χ3n) is 3.95. The van der Waals surface area contributed by atoms with Gasteiger partial charge in [0.2, 0.25) is 0 Å². The minimum atomic E-state index is -0.417. The van der Waals surface area contributed by atoms with Crippen LogP contribution in [0.25, 0.3) is 0 Å². The highest BCUT2D eigenvalue weighted by Crippen LogP contribution is 2.34. The van der Waals surface area contributed by atoms with Crippen molar-refractivity contribution in [3.63, 3.8) is 0 Å². The number of ether oxygens (including phenoxy) is 1. The molecule has 1 unspecified atom stereocenters. The van der Waals surface area contributed by atoms with E-state index in [1.54, 1.807) is 0 Å². The molecular weight excluding hydrogens is 274 g/mol. The summed E-state index contributed by atoms with van der Waals surface area (Å²) in [5.74, 6) is 0. The summed E-state index contributed by atoms with van der Waals surface area (Å²) in [6.45, 7) is 0.965. The third-order valence-corrected chi connectivity index (χ3v) is 3.95. The van der Waals surface area contributed by atoms with E-state index in [1.807, 2.05) is 36.4 Å². The molecule has 1 aliphatic rings. The van der Waals surface area contributed by atoms with Crippen LogP contribution in [0.1, 0.15) is 43.2 Å². The van der Waals surface area contributed by atoms with Crippen molar-refractivity contribution in [3.8, 4) is 6.07 Å². The first kappa shape index (κ1) is 16.5. The van der Waals surface area contributed by atoms with Gasteiger partial charge in [-0.1, -0.05) is 43.2 Å². The molecule has 0 bridgehead atoms. The van der Waals surface area contributed by atoms with Crippen LogP contribution in [0, 0.1) is 11.3 Å². The molecule has 0 fully saturated rings. The molecule has 0 aromatic heterocycles. The largest absolute Gasteiger partial charge is 0.396 e. The first-order chi connectivity index (χ1) is 10.8. The van der Waals surface area contributed by atoms with E-state index in [0.717, 1.165) is 37.7 Å². The number of hydrogen-bond acceptors (Lipinski definition) is 3. The first-order valence-electron chi connectivity index (χ1n) is 7.90. The van der Waals surface area contributed by atoms with E-state index in [9.17, 15) is 0 Å². The van der Waals surface area contributed by atoms with E-state index in [4.69, 9.17) is 15.1 Å². The fourth-order valence-corrected chi connectivity index (χ4v) is 2.65. The van der Waals surface area contributed by atoms with Crippen LogP contribution in [-0.2, 0) is 10.3 Å². The zero-order valence-corrected chi connectivity index (χ0v) is 12.9. The summed E-state index contributed by atoms with van der Waals surface area (Å²) in [5.41, 5.74) is 1.33. The van der Waals surface area contributed by atoms with Crippen LogP contribution in [0.3, 0.4) is 0 Å². The molecule has 0 radical (unpaired) electrons. The summed E-state index contributed by atoms with van der Waals surface area (Å²) in [4.78, 5) is 0. The lowest BCUT2D eigenvalue weighted by atomic mass is 9.86. The summed E-state index contributed by atoms with van der Waals surface area (Å²) < 4.78 is 6.23. The highest BCUT2D eigenvalue weighted by atomic mass is 16.5. The monoisotopic (exact) mass is 297 g/mol. The Morgan fingerprint density at radius 3 is 2.50 bits per heavy atom. The van der Waals surface area contributed by atoms with Gasteiger partial charge in [-0.3, -0.25) is 0 Å². The minimum Gasteiger partial charge on any atom is -0.396 e. The van der Waals surface area contributed by atoms with Gasteiger partial charge in [0.25, 0.3) is 0 Å². The normalized spacial score (nSPS) is 20.0. The van der Waals surface area contributed by atoms with Crippen molar-refractivity contribution in [2.75, 3.05) is 13.2 Å². The highest BCUT2D eigenvalue weighted by molar-refractivity contribution is 5.38. The summed E-state index contributed by atoms with van der Waals surface area (Å²) in [6.07, 6.45) is 13.1. The molecule has 0 spiro atoms. The number of hydrogen-bond donors (Lipinski definition) is 1. The number of aliphatic hydroxyl groups excluding tert-OH is 1. The molecule has 116 valence electrons. The Hall–Kier alpha value is -1.89. The molecule has 2 rings (SSSR count). The smallest absolute Gasteiger partial charge is 0.115 e. The van der Waals surface area contributed by atoms with Crippen LogP contribution in [0.4, 0.5) is 0 Å². The molecule has 1 atom stereocenters. The van der Waals surface area contributed by atoms with Gasteiger partial charge in [-0.25, -0.2) is 0 Å².